The quantitative estimate of drug-likeness (QED) is 0.570. The van der Waals surface area contributed by atoms with E-state index in [-0.39, 0.29) is 24.3 Å². The summed E-state index contributed by atoms with van der Waals surface area (Å²) in [5.74, 6) is 0.0122. The van der Waals surface area contributed by atoms with Crippen molar-refractivity contribution in [2.75, 3.05) is 48.3 Å². The Balaban J connectivity index is 1.60. The number of aliphatic hydroxyl groups is 1. The standard InChI is InChI=1S/C26H34N4O3/c1-3-29(12-13-31)17-19-6-9-24(30-10-4-5-11-30)22(15-19)26(33)27-20-7-8-23-21(16-20)18(2)14-25(32)28-23/h6-9,15-16,18,31H,3-5,10-14,17H2,1-2H3,(H,27,33)(H,28,32). The Morgan fingerprint density at radius 3 is 2.73 bits per heavy atom. The first-order chi connectivity index (χ1) is 16.0. The highest BCUT2D eigenvalue weighted by Crippen LogP contribution is 2.34. The number of rotatable bonds is 8. The molecule has 0 radical (unpaired) electrons. The van der Waals surface area contributed by atoms with Gasteiger partial charge < -0.3 is 20.6 Å². The van der Waals surface area contributed by atoms with Crippen molar-refractivity contribution in [1.29, 1.82) is 0 Å². The lowest BCUT2D eigenvalue weighted by molar-refractivity contribution is -0.116. The van der Waals surface area contributed by atoms with Gasteiger partial charge in [0.2, 0.25) is 5.91 Å². The molecule has 1 saturated heterocycles. The third kappa shape index (κ3) is 5.37. The molecular weight excluding hydrogens is 416 g/mol. The fourth-order valence-electron chi connectivity index (χ4n) is 4.80. The highest BCUT2D eigenvalue weighted by atomic mass is 16.3. The number of hydrogen-bond acceptors (Lipinski definition) is 5. The summed E-state index contributed by atoms with van der Waals surface area (Å²) in [6.07, 6.45) is 2.72. The molecule has 0 aromatic heterocycles. The van der Waals surface area contributed by atoms with Crippen LogP contribution in [0.3, 0.4) is 0 Å². The van der Waals surface area contributed by atoms with Gasteiger partial charge in [-0.3, -0.25) is 14.5 Å². The number of fused-ring (bicyclic) bond motifs is 1. The van der Waals surface area contributed by atoms with Gasteiger partial charge in [0.15, 0.2) is 0 Å². The largest absolute Gasteiger partial charge is 0.395 e. The Labute approximate surface area is 195 Å². The van der Waals surface area contributed by atoms with Gasteiger partial charge in [-0.1, -0.05) is 19.9 Å². The second-order valence-corrected chi connectivity index (χ2v) is 9.05. The highest BCUT2D eigenvalue weighted by Gasteiger charge is 2.24. The molecule has 4 rings (SSSR count). The number of likely N-dealkylation sites (N-methyl/N-ethyl adjacent to an activating group) is 1. The average molecular weight is 451 g/mol. The van der Waals surface area contributed by atoms with Gasteiger partial charge in [-0.25, -0.2) is 0 Å². The summed E-state index contributed by atoms with van der Waals surface area (Å²) >= 11 is 0. The number of nitrogens with zero attached hydrogens (tertiary/aromatic N) is 2. The van der Waals surface area contributed by atoms with Crippen LogP contribution in [0, 0.1) is 0 Å². The van der Waals surface area contributed by atoms with Crippen LogP contribution in [-0.2, 0) is 11.3 Å². The summed E-state index contributed by atoms with van der Waals surface area (Å²) in [5.41, 5.74) is 5.30. The number of anilines is 3. The molecule has 176 valence electrons. The van der Waals surface area contributed by atoms with Crippen LogP contribution in [0.25, 0.3) is 0 Å². The predicted octanol–water partition coefficient (Wildman–Crippen LogP) is 3.80. The van der Waals surface area contributed by atoms with Gasteiger partial charge in [-0.15, -0.1) is 0 Å². The molecule has 2 aliphatic rings. The number of aliphatic hydroxyl groups excluding tert-OH is 1. The molecule has 2 heterocycles. The zero-order valence-electron chi connectivity index (χ0n) is 19.6. The lowest BCUT2D eigenvalue weighted by atomic mass is 9.92. The molecule has 1 atom stereocenters. The molecule has 7 heteroatoms. The Morgan fingerprint density at radius 2 is 2.00 bits per heavy atom. The molecular formula is C26H34N4O3. The van der Waals surface area contributed by atoms with Crippen molar-refractivity contribution in [2.45, 2.75) is 45.6 Å². The minimum absolute atomic E-state index is 0.0289. The summed E-state index contributed by atoms with van der Waals surface area (Å²) in [5, 5.41) is 15.3. The first-order valence-corrected chi connectivity index (χ1v) is 11.9. The van der Waals surface area contributed by atoms with Crippen LogP contribution >= 0.6 is 0 Å². The minimum atomic E-state index is -0.128. The van der Waals surface area contributed by atoms with E-state index in [4.69, 9.17) is 0 Å². The molecule has 0 aliphatic carbocycles. The molecule has 2 amide bonds. The predicted molar refractivity (Wildman–Crippen MR) is 132 cm³/mol. The molecule has 0 saturated carbocycles. The first-order valence-electron chi connectivity index (χ1n) is 11.9. The Bertz CT molecular complexity index is 1020. The van der Waals surface area contributed by atoms with Gasteiger partial charge in [0.25, 0.3) is 5.91 Å². The van der Waals surface area contributed by atoms with Crippen molar-refractivity contribution in [3.05, 3.63) is 53.1 Å². The van der Waals surface area contributed by atoms with Crippen molar-refractivity contribution in [2.24, 2.45) is 0 Å². The molecule has 1 unspecified atom stereocenters. The van der Waals surface area contributed by atoms with Crippen LogP contribution in [-0.4, -0.2) is 54.6 Å². The zero-order valence-corrected chi connectivity index (χ0v) is 19.6. The monoisotopic (exact) mass is 450 g/mol. The van der Waals surface area contributed by atoms with Crippen LogP contribution in [0.15, 0.2) is 36.4 Å². The molecule has 0 spiro atoms. The zero-order chi connectivity index (χ0) is 23.4. The van der Waals surface area contributed by atoms with Gasteiger partial charge in [-0.05, 0) is 66.8 Å². The van der Waals surface area contributed by atoms with Gasteiger partial charge in [-0.2, -0.15) is 0 Å². The fourth-order valence-corrected chi connectivity index (χ4v) is 4.80. The van der Waals surface area contributed by atoms with Gasteiger partial charge in [0.1, 0.15) is 0 Å². The van der Waals surface area contributed by atoms with E-state index in [0.717, 1.165) is 60.7 Å². The highest BCUT2D eigenvalue weighted by molar-refractivity contribution is 6.08. The lowest BCUT2D eigenvalue weighted by Crippen LogP contribution is -2.27. The van der Waals surface area contributed by atoms with Crippen molar-refractivity contribution in [3.63, 3.8) is 0 Å². The molecule has 2 aromatic rings. The van der Waals surface area contributed by atoms with E-state index >= 15 is 0 Å². The van der Waals surface area contributed by atoms with E-state index in [1.165, 1.54) is 0 Å². The topological polar surface area (TPSA) is 84.9 Å². The second-order valence-electron chi connectivity index (χ2n) is 9.05. The lowest BCUT2D eigenvalue weighted by Gasteiger charge is -2.25. The number of carbonyl (C=O) groups is 2. The van der Waals surface area contributed by atoms with Crippen molar-refractivity contribution in [1.82, 2.24) is 4.90 Å². The van der Waals surface area contributed by atoms with Crippen molar-refractivity contribution < 1.29 is 14.7 Å². The van der Waals surface area contributed by atoms with Crippen LogP contribution in [0.1, 0.15) is 60.5 Å². The molecule has 0 bridgehead atoms. The van der Waals surface area contributed by atoms with Crippen LogP contribution in [0.4, 0.5) is 17.1 Å². The first kappa shape index (κ1) is 23.3. The third-order valence-corrected chi connectivity index (χ3v) is 6.63. The maximum atomic E-state index is 13.5. The summed E-state index contributed by atoms with van der Waals surface area (Å²) < 4.78 is 0. The molecule has 33 heavy (non-hydrogen) atoms. The van der Waals surface area contributed by atoms with E-state index in [1.807, 2.05) is 31.2 Å². The third-order valence-electron chi connectivity index (χ3n) is 6.63. The Morgan fingerprint density at radius 1 is 1.21 bits per heavy atom. The average Bonchev–Trinajstić information content (AvgIpc) is 3.34. The summed E-state index contributed by atoms with van der Waals surface area (Å²) in [6, 6.07) is 11.8. The maximum Gasteiger partial charge on any atom is 0.257 e. The second kappa shape index (κ2) is 10.4. The van der Waals surface area contributed by atoms with E-state index < -0.39 is 0 Å². The van der Waals surface area contributed by atoms with E-state index in [9.17, 15) is 14.7 Å². The van der Waals surface area contributed by atoms with Crippen LogP contribution in [0.2, 0.25) is 0 Å². The number of amides is 2. The molecule has 2 aromatic carbocycles. The smallest absolute Gasteiger partial charge is 0.257 e. The minimum Gasteiger partial charge on any atom is -0.395 e. The maximum absolute atomic E-state index is 13.5. The van der Waals surface area contributed by atoms with Gasteiger partial charge in [0, 0.05) is 49.7 Å². The normalized spacial score (nSPS) is 17.8. The van der Waals surface area contributed by atoms with E-state index in [1.54, 1.807) is 0 Å². The number of nitrogens with one attached hydrogen (secondary N) is 2. The van der Waals surface area contributed by atoms with Crippen LogP contribution < -0.4 is 15.5 Å². The Hall–Kier alpha value is -2.90. The van der Waals surface area contributed by atoms with E-state index in [0.29, 0.717) is 25.1 Å². The SMILES string of the molecule is CCN(CCO)Cc1ccc(N2CCCC2)c(C(=O)Nc2ccc3c(c2)C(C)CC(=O)N3)c1. The number of hydrogen-bond donors (Lipinski definition) is 3. The Kier molecular flexibility index (Phi) is 7.30. The van der Waals surface area contributed by atoms with Crippen molar-refractivity contribution in [3.8, 4) is 0 Å². The molecule has 3 N–H and O–H groups in total. The van der Waals surface area contributed by atoms with E-state index in [2.05, 4.69) is 39.5 Å². The summed E-state index contributed by atoms with van der Waals surface area (Å²) in [7, 11) is 0. The van der Waals surface area contributed by atoms with Gasteiger partial charge in [0.05, 0.1) is 12.2 Å². The van der Waals surface area contributed by atoms with Crippen LogP contribution in [0.5, 0.6) is 0 Å². The van der Waals surface area contributed by atoms with Crippen molar-refractivity contribution >= 4 is 28.9 Å². The number of carbonyl (C=O) groups excluding carboxylic acids is 2. The summed E-state index contributed by atoms with van der Waals surface area (Å²) in [4.78, 5) is 29.7. The van der Waals surface area contributed by atoms with Gasteiger partial charge >= 0.3 is 0 Å². The fraction of sp³-hybridized carbons (Fsp3) is 0.462. The number of benzene rings is 2. The molecule has 2 aliphatic heterocycles. The molecule has 1 fully saturated rings. The molecule has 7 nitrogen and oxygen atoms in total. The summed E-state index contributed by atoms with van der Waals surface area (Å²) in [6.45, 7) is 8.27.